The van der Waals surface area contributed by atoms with Crippen molar-refractivity contribution in [3.8, 4) is 17.2 Å². The van der Waals surface area contributed by atoms with Crippen molar-refractivity contribution in [3.63, 3.8) is 0 Å². The van der Waals surface area contributed by atoms with E-state index >= 15 is 0 Å². The van der Waals surface area contributed by atoms with E-state index in [0.29, 0.717) is 42.1 Å². The molecule has 0 aliphatic carbocycles. The second-order valence-corrected chi connectivity index (χ2v) is 8.75. The van der Waals surface area contributed by atoms with Gasteiger partial charge in [-0.3, -0.25) is 4.79 Å². The van der Waals surface area contributed by atoms with E-state index < -0.39 is 0 Å². The van der Waals surface area contributed by atoms with Crippen LogP contribution in [0.25, 0.3) is 10.8 Å². The molecule has 4 nitrogen and oxygen atoms in total. The van der Waals surface area contributed by atoms with Gasteiger partial charge >= 0.3 is 0 Å². The first-order chi connectivity index (χ1) is 15.6. The van der Waals surface area contributed by atoms with E-state index in [9.17, 15) is 4.79 Å². The summed E-state index contributed by atoms with van der Waals surface area (Å²) in [6.45, 7) is 10.1. The van der Waals surface area contributed by atoms with Crippen molar-refractivity contribution in [2.75, 3.05) is 20.3 Å². The van der Waals surface area contributed by atoms with E-state index in [1.807, 2.05) is 24.3 Å². The largest absolute Gasteiger partial charge is 0.493 e. The van der Waals surface area contributed by atoms with Crippen LogP contribution in [-0.4, -0.2) is 26.6 Å². The molecule has 32 heavy (non-hydrogen) atoms. The smallest absolute Gasteiger partial charge is 0.169 e. The van der Waals surface area contributed by atoms with Gasteiger partial charge in [0.15, 0.2) is 17.8 Å². The number of hydrogen-bond acceptors (Lipinski definition) is 4. The zero-order valence-corrected chi connectivity index (χ0v) is 20.7. The molecular weight excluding hydrogens is 400 g/mol. The molecule has 2 atom stereocenters. The Morgan fingerprint density at radius 3 is 1.81 bits per heavy atom. The van der Waals surface area contributed by atoms with Gasteiger partial charge in [-0.1, -0.05) is 66.2 Å². The number of benzene rings is 2. The Labute approximate surface area is 194 Å². The Morgan fingerprint density at radius 2 is 1.31 bits per heavy atom. The minimum Gasteiger partial charge on any atom is -0.493 e. The summed E-state index contributed by atoms with van der Waals surface area (Å²) in [6.07, 6.45) is 10.1. The van der Waals surface area contributed by atoms with Crippen LogP contribution in [0.4, 0.5) is 0 Å². The highest BCUT2D eigenvalue weighted by Gasteiger charge is 2.18. The molecular formula is C28H42O4. The normalized spacial score (nSPS) is 13.0. The molecule has 0 saturated heterocycles. The Balaban J connectivity index is 2.36. The van der Waals surface area contributed by atoms with Crippen molar-refractivity contribution in [1.29, 1.82) is 0 Å². The fourth-order valence-corrected chi connectivity index (χ4v) is 4.11. The molecule has 0 N–H and O–H groups in total. The van der Waals surface area contributed by atoms with Gasteiger partial charge in [-0.2, -0.15) is 0 Å². The van der Waals surface area contributed by atoms with Crippen molar-refractivity contribution in [2.24, 2.45) is 11.8 Å². The van der Waals surface area contributed by atoms with E-state index in [4.69, 9.17) is 14.2 Å². The molecule has 0 saturated carbocycles. The third kappa shape index (κ3) is 6.88. The lowest BCUT2D eigenvalue weighted by atomic mass is 10.00. The van der Waals surface area contributed by atoms with Crippen LogP contribution >= 0.6 is 0 Å². The number of rotatable bonds is 16. The summed E-state index contributed by atoms with van der Waals surface area (Å²) < 4.78 is 18.3. The first kappa shape index (κ1) is 26.0. The molecule has 4 heteroatoms. The van der Waals surface area contributed by atoms with E-state index in [0.717, 1.165) is 42.1 Å². The zero-order valence-electron chi connectivity index (χ0n) is 20.7. The van der Waals surface area contributed by atoms with Gasteiger partial charge in [-0.15, -0.1) is 0 Å². The predicted octanol–water partition coefficient (Wildman–Crippen LogP) is 7.85. The van der Waals surface area contributed by atoms with Crippen LogP contribution < -0.4 is 14.2 Å². The first-order valence-corrected chi connectivity index (χ1v) is 12.5. The fourth-order valence-electron chi connectivity index (χ4n) is 4.11. The monoisotopic (exact) mass is 442 g/mol. The van der Waals surface area contributed by atoms with Gasteiger partial charge in [0.05, 0.1) is 25.9 Å². The van der Waals surface area contributed by atoms with Crippen LogP contribution in [0, 0.1) is 11.8 Å². The quantitative estimate of drug-likeness (QED) is 0.248. The second-order valence-electron chi connectivity index (χ2n) is 8.75. The molecule has 0 amide bonds. The number of carbonyl (C=O) groups excluding carboxylic acids is 1. The van der Waals surface area contributed by atoms with Crippen LogP contribution in [0.15, 0.2) is 24.3 Å². The number of unbranched alkanes of at least 4 members (excludes halogenated alkanes) is 2. The number of fused-ring (bicyclic) bond motifs is 1. The molecule has 0 radical (unpaired) electrons. The summed E-state index contributed by atoms with van der Waals surface area (Å²) >= 11 is 0. The number of ether oxygens (including phenoxy) is 3. The van der Waals surface area contributed by atoms with E-state index in [2.05, 4.69) is 27.7 Å². The van der Waals surface area contributed by atoms with Crippen LogP contribution in [0.1, 0.15) is 89.4 Å². The Morgan fingerprint density at radius 1 is 0.781 bits per heavy atom. The standard InChI is InChI=1S/C28H42O4/c1-6-10-12-21(8-3)19-31-27-23(18-29)14-15-25-24(27)16-17-26(30-5)28(25)32-20-22(9-4)13-11-7-2/h14-18,21-22H,6-13,19-20H2,1-5H3. The van der Waals surface area contributed by atoms with Crippen LogP contribution in [0.2, 0.25) is 0 Å². The summed E-state index contributed by atoms with van der Waals surface area (Å²) in [5.74, 6) is 3.10. The maximum absolute atomic E-state index is 11.8. The Bertz CT molecular complexity index is 830. The van der Waals surface area contributed by atoms with Crippen molar-refractivity contribution in [3.05, 3.63) is 29.8 Å². The number of hydrogen-bond donors (Lipinski definition) is 0. The molecule has 0 spiro atoms. The van der Waals surface area contributed by atoms with Gasteiger partial charge in [0.25, 0.3) is 0 Å². The molecule has 178 valence electrons. The van der Waals surface area contributed by atoms with E-state index in [1.54, 1.807) is 7.11 Å². The van der Waals surface area contributed by atoms with Crippen molar-refractivity contribution >= 4 is 17.1 Å². The molecule has 2 rings (SSSR count). The summed E-state index contributed by atoms with van der Waals surface area (Å²) in [6, 6.07) is 7.68. The van der Waals surface area contributed by atoms with Gasteiger partial charge < -0.3 is 14.2 Å². The van der Waals surface area contributed by atoms with Crippen molar-refractivity contribution in [1.82, 2.24) is 0 Å². The Hall–Kier alpha value is -2.23. The third-order valence-electron chi connectivity index (χ3n) is 6.46. The van der Waals surface area contributed by atoms with Gasteiger partial charge in [0.2, 0.25) is 0 Å². The maximum Gasteiger partial charge on any atom is 0.169 e. The highest BCUT2D eigenvalue weighted by Crippen LogP contribution is 2.41. The predicted molar refractivity (Wildman–Crippen MR) is 133 cm³/mol. The van der Waals surface area contributed by atoms with Crippen LogP contribution in [0.5, 0.6) is 17.2 Å². The summed E-state index contributed by atoms with van der Waals surface area (Å²) in [7, 11) is 1.67. The molecule has 0 heterocycles. The second kappa shape index (κ2) is 14.0. The first-order valence-electron chi connectivity index (χ1n) is 12.5. The summed E-state index contributed by atoms with van der Waals surface area (Å²) in [4.78, 5) is 11.8. The Kier molecular flexibility index (Phi) is 11.4. The van der Waals surface area contributed by atoms with Gasteiger partial charge in [0, 0.05) is 10.8 Å². The highest BCUT2D eigenvalue weighted by molar-refractivity contribution is 6.00. The lowest BCUT2D eigenvalue weighted by Crippen LogP contribution is -2.13. The molecule has 2 aromatic rings. The molecule has 0 aromatic heterocycles. The van der Waals surface area contributed by atoms with E-state index in [-0.39, 0.29) is 0 Å². The van der Waals surface area contributed by atoms with Crippen molar-refractivity contribution in [2.45, 2.75) is 79.1 Å². The molecule has 2 aromatic carbocycles. The average Bonchev–Trinajstić information content (AvgIpc) is 2.83. The number of methoxy groups -OCH3 is 1. The van der Waals surface area contributed by atoms with E-state index in [1.165, 1.54) is 32.1 Å². The van der Waals surface area contributed by atoms with Gasteiger partial charge in [-0.25, -0.2) is 0 Å². The number of carbonyl (C=O) groups is 1. The summed E-state index contributed by atoms with van der Waals surface area (Å²) in [5.41, 5.74) is 0.577. The average molecular weight is 443 g/mol. The maximum atomic E-state index is 11.8. The zero-order chi connectivity index (χ0) is 23.3. The molecule has 0 aliphatic rings. The number of aldehydes is 1. The fraction of sp³-hybridized carbons (Fsp3) is 0.607. The minimum absolute atomic E-state index is 0.488. The lowest BCUT2D eigenvalue weighted by molar-refractivity contribution is 0.111. The van der Waals surface area contributed by atoms with Gasteiger partial charge in [0.1, 0.15) is 5.75 Å². The lowest BCUT2D eigenvalue weighted by Gasteiger charge is -2.21. The van der Waals surface area contributed by atoms with Gasteiger partial charge in [-0.05, 0) is 48.9 Å². The molecule has 0 bridgehead atoms. The molecule has 0 aliphatic heterocycles. The SMILES string of the molecule is CCCCC(CC)COc1c(C=O)ccc2c(OCC(CC)CCCC)c(OC)ccc12. The topological polar surface area (TPSA) is 44.8 Å². The summed E-state index contributed by atoms with van der Waals surface area (Å²) in [5, 5.41) is 1.83. The third-order valence-corrected chi connectivity index (χ3v) is 6.46. The minimum atomic E-state index is 0.488. The van der Waals surface area contributed by atoms with Crippen LogP contribution in [0.3, 0.4) is 0 Å². The van der Waals surface area contributed by atoms with Crippen molar-refractivity contribution < 1.29 is 19.0 Å². The molecule has 0 fully saturated rings. The highest BCUT2D eigenvalue weighted by atomic mass is 16.5. The molecule has 2 unspecified atom stereocenters. The van der Waals surface area contributed by atoms with Crippen LogP contribution in [-0.2, 0) is 0 Å².